The number of phenols is 1. The Bertz CT molecular complexity index is 903. The fourth-order valence-electron chi connectivity index (χ4n) is 3.32. The third kappa shape index (κ3) is 3.28. The van der Waals surface area contributed by atoms with Gasteiger partial charge < -0.3 is 24.4 Å². The van der Waals surface area contributed by atoms with Crippen LogP contribution in [-0.2, 0) is 0 Å². The van der Waals surface area contributed by atoms with Crippen molar-refractivity contribution in [3.63, 3.8) is 0 Å². The molecule has 2 heterocycles. The Morgan fingerprint density at radius 3 is 2.26 bits per heavy atom. The lowest BCUT2D eigenvalue weighted by Gasteiger charge is -2.35. The molecule has 1 fully saturated rings. The maximum absolute atomic E-state index is 12.7. The van der Waals surface area contributed by atoms with Gasteiger partial charge in [-0.1, -0.05) is 6.07 Å². The van der Waals surface area contributed by atoms with Gasteiger partial charge in [-0.15, -0.1) is 0 Å². The minimum absolute atomic E-state index is 0.0149. The number of carbonyl (C=O) groups is 2. The summed E-state index contributed by atoms with van der Waals surface area (Å²) in [4.78, 5) is 28.7. The van der Waals surface area contributed by atoms with E-state index in [1.165, 1.54) is 0 Å². The predicted molar refractivity (Wildman–Crippen MR) is 97.2 cm³/mol. The van der Waals surface area contributed by atoms with E-state index in [1.54, 1.807) is 46.2 Å². The van der Waals surface area contributed by atoms with Gasteiger partial charge in [0.1, 0.15) is 5.75 Å². The zero-order chi connectivity index (χ0) is 19.0. The Morgan fingerprint density at radius 1 is 0.889 bits per heavy atom. The maximum atomic E-state index is 12.7. The predicted octanol–water partition coefficient (Wildman–Crippen LogP) is 2.03. The van der Waals surface area contributed by atoms with Crippen molar-refractivity contribution >= 4 is 11.8 Å². The Labute approximate surface area is 156 Å². The fourth-order valence-corrected chi connectivity index (χ4v) is 3.32. The summed E-state index contributed by atoms with van der Waals surface area (Å²) in [6.07, 6.45) is 0. The van der Waals surface area contributed by atoms with E-state index < -0.39 is 0 Å². The van der Waals surface area contributed by atoms with Crippen LogP contribution in [0.15, 0.2) is 36.4 Å². The van der Waals surface area contributed by atoms with Gasteiger partial charge in [-0.05, 0) is 42.8 Å². The first-order valence-electron chi connectivity index (χ1n) is 8.81. The van der Waals surface area contributed by atoms with Crippen molar-refractivity contribution in [3.8, 4) is 17.2 Å². The molecule has 0 aromatic heterocycles. The van der Waals surface area contributed by atoms with Crippen LogP contribution < -0.4 is 9.47 Å². The van der Waals surface area contributed by atoms with E-state index in [-0.39, 0.29) is 29.9 Å². The number of fused-ring (bicyclic) bond motifs is 1. The third-order valence-corrected chi connectivity index (χ3v) is 4.86. The average molecular weight is 368 g/mol. The number of aryl methyl sites for hydroxylation is 1. The van der Waals surface area contributed by atoms with Crippen LogP contribution in [0.4, 0.5) is 0 Å². The number of hydrogen-bond acceptors (Lipinski definition) is 5. The Hall–Kier alpha value is -3.22. The van der Waals surface area contributed by atoms with Crippen molar-refractivity contribution in [1.29, 1.82) is 0 Å². The number of phenolic OH excluding ortho intramolecular Hbond substituents is 1. The Morgan fingerprint density at radius 2 is 1.56 bits per heavy atom. The summed E-state index contributed by atoms with van der Waals surface area (Å²) in [6, 6.07) is 10.1. The molecule has 7 nitrogen and oxygen atoms in total. The zero-order valence-electron chi connectivity index (χ0n) is 15.0. The quantitative estimate of drug-likeness (QED) is 0.877. The first-order valence-corrected chi connectivity index (χ1v) is 8.81. The molecule has 0 unspecified atom stereocenters. The molecule has 1 N–H and O–H groups in total. The highest BCUT2D eigenvalue weighted by atomic mass is 16.7. The number of rotatable bonds is 2. The topological polar surface area (TPSA) is 79.3 Å². The molecule has 0 saturated carbocycles. The summed E-state index contributed by atoms with van der Waals surface area (Å²) in [5, 5.41) is 10.0. The molecule has 0 bridgehead atoms. The highest BCUT2D eigenvalue weighted by molar-refractivity contribution is 5.98. The first kappa shape index (κ1) is 17.2. The molecular weight excluding hydrogens is 348 g/mol. The number of carbonyl (C=O) groups excluding carboxylic acids is 2. The molecule has 2 aliphatic heterocycles. The first-order chi connectivity index (χ1) is 13.0. The summed E-state index contributed by atoms with van der Waals surface area (Å²) >= 11 is 0. The Balaban J connectivity index is 1.41. The highest BCUT2D eigenvalue weighted by Gasteiger charge is 2.27. The zero-order valence-corrected chi connectivity index (χ0v) is 15.0. The van der Waals surface area contributed by atoms with E-state index in [9.17, 15) is 14.7 Å². The summed E-state index contributed by atoms with van der Waals surface area (Å²) in [5.74, 6) is 0.879. The molecule has 27 heavy (non-hydrogen) atoms. The summed E-state index contributed by atoms with van der Waals surface area (Å²) in [7, 11) is 0. The van der Waals surface area contributed by atoms with Crippen LogP contribution in [0.5, 0.6) is 17.2 Å². The molecule has 0 spiro atoms. The van der Waals surface area contributed by atoms with Gasteiger partial charge in [0.2, 0.25) is 6.79 Å². The van der Waals surface area contributed by atoms with Gasteiger partial charge in [-0.25, -0.2) is 0 Å². The van der Waals surface area contributed by atoms with E-state index in [1.807, 2.05) is 6.92 Å². The second-order valence-electron chi connectivity index (χ2n) is 6.67. The SMILES string of the molecule is Cc1ccc(C(=O)N2CCN(C(=O)c3ccc4c(c3)OCO4)CC2)c(O)c1. The Kier molecular flexibility index (Phi) is 4.35. The molecule has 0 atom stereocenters. The molecule has 2 aromatic rings. The van der Waals surface area contributed by atoms with Crippen molar-refractivity contribution < 1.29 is 24.2 Å². The fraction of sp³-hybridized carbons (Fsp3) is 0.300. The minimum atomic E-state index is -0.220. The van der Waals surface area contributed by atoms with Crippen molar-refractivity contribution in [2.75, 3.05) is 33.0 Å². The van der Waals surface area contributed by atoms with Crippen LogP contribution >= 0.6 is 0 Å². The molecule has 0 radical (unpaired) electrons. The second-order valence-corrected chi connectivity index (χ2v) is 6.67. The van der Waals surface area contributed by atoms with Crippen LogP contribution in [0.1, 0.15) is 26.3 Å². The van der Waals surface area contributed by atoms with Gasteiger partial charge in [-0.3, -0.25) is 9.59 Å². The summed E-state index contributed by atoms with van der Waals surface area (Å²) < 4.78 is 10.6. The van der Waals surface area contributed by atoms with Gasteiger partial charge in [0.05, 0.1) is 5.56 Å². The molecule has 0 aliphatic carbocycles. The van der Waals surface area contributed by atoms with Crippen molar-refractivity contribution in [1.82, 2.24) is 9.80 Å². The number of ether oxygens (including phenoxy) is 2. The highest BCUT2D eigenvalue weighted by Crippen LogP contribution is 2.33. The second kappa shape index (κ2) is 6.83. The van der Waals surface area contributed by atoms with E-state index >= 15 is 0 Å². The monoisotopic (exact) mass is 368 g/mol. The van der Waals surface area contributed by atoms with Crippen LogP contribution in [0.25, 0.3) is 0 Å². The molecule has 2 aromatic carbocycles. The van der Waals surface area contributed by atoms with E-state index in [0.29, 0.717) is 43.2 Å². The standard InChI is InChI=1S/C20H20N2O5/c1-13-2-4-15(16(23)10-13)20(25)22-8-6-21(7-9-22)19(24)14-3-5-17-18(11-14)27-12-26-17/h2-5,10-11,23H,6-9,12H2,1H3. The molecule has 1 saturated heterocycles. The lowest BCUT2D eigenvalue weighted by atomic mass is 10.1. The third-order valence-electron chi connectivity index (χ3n) is 4.86. The lowest BCUT2D eigenvalue weighted by molar-refractivity contribution is 0.0533. The molecule has 2 aliphatic rings. The number of nitrogens with zero attached hydrogens (tertiary/aromatic N) is 2. The summed E-state index contributed by atoms with van der Waals surface area (Å²) in [6.45, 7) is 3.73. The van der Waals surface area contributed by atoms with E-state index in [2.05, 4.69) is 0 Å². The molecule has 7 heteroatoms. The average Bonchev–Trinajstić information content (AvgIpc) is 3.15. The van der Waals surface area contributed by atoms with Crippen LogP contribution in [-0.4, -0.2) is 59.7 Å². The maximum Gasteiger partial charge on any atom is 0.257 e. The van der Waals surface area contributed by atoms with Gasteiger partial charge in [0, 0.05) is 31.7 Å². The van der Waals surface area contributed by atoms with Crippen molar-refractivity contribution in [3.05, 3.63) is 53.1 Å². The largest absolute Gasteiger partial charge is 0.507 e. The van der Waals surface area contributed by atoms with Gasteiger partial charge in [-0.2, -0.15) is 0 Å². The van der Waals surface area contributed by atoms with E-state index in [4.69, 9.17) is 9.47 Å². The minimum Gasteiger partial charge on any atom is -0.507 e. The van der Waals surface area contributed by atoms with Crippen molar-refractivity contribution in [2.45, 2.75) is 6.92 Å². The van der Waals surface area contributed by atoms with Crippen molar-refractivity contribution in [2.24, 2.45) is 0 Å². The van der Waals surface area contributed by atoms with Gasteiger partial charge in [0.25, 0.3) is 11.8 Å². The van der Waals surface area contributed by atoms with Crippen LogP contribution in [0.2, 0.25) is 0 Å². The number of piperazine rings is 1. The van der Waals surface area contributed by atoms with Crippen LogP contribution in [0.3, 0.4) is 0 Å². The summed E-state index contributed by atoms with van der Waals surface area (Å²) in [5.41, 5.74) is 1.72. The molecular formula is C20H20N2O5. The lowest BCUT2D eigenvalue weighted by Crippen LogP contribution is -2.50. The number of hydrogen-bond donors (Lipinski definition) is 1. The number of aromatic hydroxyl groups is 1. The normalized spacial score (nSPS) is 15.7. The number of amides is 2. The van der Waals surface area contributed by atoms with Crippen LogP contribution in [0, 0.1) is 6.92 Å². The van der Waals surface area contributed by atoms with Gasteiger partial charge >= 0.3 is 0 Å². The molecule has 4 rings (SSSR count). The molecule has 140 valence electrons. The molecule has 2 amide bonds. The van der Waals surface area contributed by atoms with E-state index in [0.717, 1.165) is 5.56 Å². The number of benzene rings is 2. The van der Waals surface area contributed by atoms with Gasteiger partial charge in [0.15, 0.2) is 11.5 Å². The smallest absolute Gasteiger partial charge is 0.257 e.